The van der Waals surface area contributed by atoms with Gasteiger partial charge in [0, 0.05) is 16.1 Å². The zero-order valence-electron chi connectivity index (χ0n) is 12.5. The van der Waals surface area contributed by atoms with E-state index in [4.69, 9.17) is 0 Å². The number of nitrogens with one attached hydrogen (secondary N) is 1. The van der Waals surface area contributed by atoms with Crippen LogP contribution in [0.4, 0.5) is 0 Å². The lowest BCUT2D eigenvalue weighted by atomic mass is 9.86. The SMILES string of the molecule is CCCN(C)C1(c2cc3ccccc3s2)CCCNC1. The maximum absolute atomic E-state index is 3.62. The summed E-state index contributed by atoms with van der Waals surface area (Å²) in [5, 5.41) is 5.01. The van der Waals surface area contributed by atoms with E-state index in [1.807, 2.05) is 11.3 Å². The van der Waals surface area contributed by atoms with Gasteiger partial charge in [-0.25, -0.2) is 0 Å². The molecule has 2 aromatic rings. The van der Waals surface area contributed by atoms with E-state index in [0.29, 0.717) is 0 Å². The Bertz CT molecular complexity index is 536. The molecule has 0 bridgehead atoms. The normalized spacial score (nSPS) is 23.6. The smallest absolute Gasteiger partial charge is 0.0678 e. The van der Waals surface area contributed by atoms with Crippen molar-refractivity contribution in [3.05, 3.63) is 35.2 Å². The highest BCUT2D eigenvalue weighted by Crippen LogP contribution is 2.40. The van der Waals surface area contributed by atoms with Crippen molar-refractivity contribution in [3.8, 4) is 0 Å². The van der Waals surface area contributed by atoms with E-state index in [1.165, 1.54) is 34.2 Å². The van der Waals surface area contributed by atoms with Crippen LogP contribution in [0.5, 0.6) is 0 Å². The minimum atomic E-state index is 0.192. The summed E-state index contributed by atoms with van der Waals surface area (Å²) >= 11 is 1.98. The number of hydrogen-bond donors (Lipinski definition) is 1. The van der Waals surface area contributed by atoms with Crippen LogP contribution in [0, 0.1) is 0 Å². The van der Waals surface area contributed by atoms with E-state index >= 15 is 0 Å². The van der Waals surface area contributed by atoms with Gasteiger partial charge in [-0.05, 0) is 56.9 Å². The van der Waals surface area contributed by atoms with Crippen molar-refractivity contribution in [1.82, 2.24) is 10.2 Å². The number of likely N-dealkylation sites (N-methyl/N-ethyl adjacent to an activating group) is 1. The summed E-state index contributed by atoms with van der Waals surface area (Å²) in [4.78, 5) is 4.10. The first kappa shape index (κ1) is 14.1. The zero-order chi connectivity index (χ0) is 14.0. The van der Waals surface area contributed by atoms with Crippen LogP contribution in [0.15, 0.2) is 30.3 Å². The largest absolute Gasteiger partial charge is 0.315 e. The average Bonchev–Trinajstić information content (AvgIpc) is 2.92. The Balaban J connectivity index is 2.03. The number of piperidine rings is 1. The monoisotopic (exact) mass is 288 g/mol. The van der Waals surface area contributed by atoms with E-state index in [9.17, 15) is 0 Å². The molecular formula is C17H24N2S. The van der Waals surface area contributed by atoms with Gasteiger partial charge >= 0.3 is 0 Å². The summed E-state index contributed by atoms with van der Waals surface area (Å²) in [6.45, 7) is 5.67. The molecule has 1 atom stereocenters. The van der Waals surface area contributed by atoms with E-state index in [2.05, 4.69) is 54.5 Å². The molecule has 2 nitrogen and oxygen atoms in total. The average molecular weight is 288 g/mol. The summed E-state index contributed by atoms with van der Waals surface area (Å²) in [6.07, 6.45) is 3.74. The molecule has 0 aliphatic carbocycles. The number of hydrogen-bond acceptors (Lipinski definition) is 3. The van der Waals surface area contributed by atoms with E-state index in [-0.39, 0.29) is 5.54 Å². The minimum absolute atomic E-state index is 0.192. The van der Waals surface area contributed by atoms with Crippen molar-refractivity contribution in [3.63, 3.8) is 0 Å². The summed E-state index contributed by atoms with van der Waals surface area (Å²) < 4.78 is 1.41. The van der Waals surface area contributed by atoms with Crippen molar-refractivity contribution in [2.75, 3.05) is 26.7 Å². The van der Waals surface area contributed by atoms with Gasteiger partial charge in [-0.1, -0.05) is 25.1 Å². The van der Waals surface area contributed by atoms with Gasteiger partial charge in [-0.3, -0.25) is 4.90 Å². The highest BCUT2D eigenvalue weighted by molar-refractivity contribution is 7.19. The summed E-state index contributed by atoms with van der Waals surface area (Å²) in [5.41, 5.74) is 0.192. The van der Waals surface area contributed by atoms with E-state index < -0.39 is 0 Å². The molecule has 0 amide bonds. The number of rotatable bonds is 4. The predicted octanol–water partition coefficient (Wildman–Crippen LogP) is 3.82. The molecule has 0 radical (unpaired) electrons. The van der Waals surface area contributed by atoms with Gasteiger partial charge in [-0.2, -0.15) is 0 Å². The fraction of sp³-hybridized carbons (Fsp3) is 0.529. The third kappa shape index (κ3) is 2.39. The molecule has 3 rings (SSSR count). The molecular weight excluding hydrogens is 264 g/mol. The molecule has 1 aromatic carbocycles. The fourth-order valence-corrected chi connectivity index (χ4v) is 4.71. The molecule has 2 heterocycles. The van der Waals surface area contributed by atoms with Crippen LogP contribution in [-0.2, 0) is 5.54 Å². The number of thiophene rings is 1. The predicted molar refractivity (Wildman–Crippen MR) is 88.5 cm³/mol. The molecule has 1 aliphatic rings. The second-order valence-corrected chi connectivity index (χ2v) is 6.97. The zero-order valence-corrected chi connectivity index (χ0v) is 13.3. The Morgan fingerprint density at radius 1 is 1.35 bits per heavy atom. The van der Waals surface area contributed by atoms with Crippen LogP contribution in [0.3, 0.4) is 0 Å². The molecule has 0 spiro atoms. The Morgan fingerprint density at radius 3 is 2.90 bits per heavy atom. The second-order valence-electron chi connectivity index (χ2n) is 5.88. The molecule has 108 valence electrons. The van der Waals surface area contributed by atoms with Crippen molar-refractivity contribution in [1.29, 1.82) is 0 Å². The van der Waals surface area contributed by atoms with Gasteiger partial charge in [0.05, 0.1) is 5.54 Å². The molecule has 1 fully saturated rings. The highest BCUT2D eigenvalue weighted by atomic mass is 32.1. The lowest BCUT2D eigenvalue weighted by molar-refractivity contribution is 0.0891. The Hall–Kier alpha value is -0.900. The van der Waals surface area contributed by atoms with Gasteiger partial charge in [0.25, 0.3) is 0 Å². The first-order valence-corrected chi connectivity index (χ1v) is 8.49. The maximum atomic E-state index is 3.62. The fourth-order valence-electron chi connectivity index (χ4n) is 3.37. The van der Waals surface area contributed by atoms with Gasteiger partial charge in [0.2, 0.25) is 0 Å². The van der Waals surface area contributed by atoms with Gasteiger partial charge in [-0.15, -0.1) is 11.3 Å². The quantitative estimate of drug-likeness (QED) is 0.920. The van der Waals surface area contributed by atoms with Crippen LogP contribution in [0.1, 0.15) is 31.1 Å². The Labute approximate surface area is 125 Å². The molecule has 1 aliphatic heterocycles. The number of fused-ring (bicyclic) bond motifs is 1. The minimum Gasteiger partial charge on any atom is -0.315 e. The summed E-state index contributed by atoms with van der Waals surface area (Å²) in [7, 11) is 2.29. The van der Waals surface area contributed by atoms with Crippen molar-refractivity contribution >= 4 is 21.4 Å². The Morgan fingerprint density at radius 2 is 2.20 bits per heavy atom. The summed E-state index contributed by atoms with van der Waals surface area (Å²) in [6, 6.07) is 11.2. The lowest BCUT2D eigenvalue weighted by Gasteiger charge is -2.44. The third-order valence-corrected chi connectivity index (χ3v) is 5.84. The molecule has 20 heavy (non-hydrogen) atoms. The van der Waals surface area contributed by atoms with Crippen LogP contribution in [-0.4, -0.2) is 31.6 Å². The standard InChI is InChI=1S/C17H24N2S/c1-3-11-19(2)17(9-6-10-18-13-17)16-12-14-7-4-5-8-15(14)20-16/h4-5,7-8,12,18H,3,6,9-11,13H2,1-2H3. The van der Waals surface area contributed by atoms with Crippen LogP contribution in [0.2, 0.25) is 0 Å². The summed E-state index contributed by atoms with van der Waals surface area (Å²) in [5.74, 6) is 0. The van der Waals surface area contributed by atoms with E-state index in [0.717, 1.165) is 19.6 Å². The number of nitrogens with zero attached hydrogens (tertiary/aromatic N) is 1. The van der Waals surface area contributed by atoms with Crippen LogP contribution >= 0.6 is 11.3 Å². The topological polar surface area (TPSA) is 15.3 Å². The van der Waals surface area contributed by atoms with Crippen LogP contribution < -0.4 is 5.32 Å². The first-order valence-electron chi connectivity index (χ1n) is 7.67. The molecule has 0 saturated carbocycles. The maximum Gasteiger partial charge on any atom is 0.0678 e. The molecule has 1 saturated heterocycles. The van der Waals surface area contributed by atoms with Gasteiger partial charge in [0.1, 0.15) is 0 Å². The van der Waals surface area contributed by atoms with Crippen molar-refractivity contribution < 1.29 is 0 Å². The molecule has 1 unspecified atom stereocenters. The van der Waals surface area contributed by atoms with Gasteiger partial charge in [0.15, 0.2) is 0 Å². The number of benzene rings is 1. The van der Waals surface area contributed by atoms with E-state index in [1.54, 1.807) is 0 Å². The highest BCUT2D eigenvalue weighted by Gasteiger charge is 2.38. The molecule has 1 aromatic heterocycles. The van der Waals surface area contributed by atoms with Crippen LogP contribution in [0.25, 0.3) is 10.1 Å². The molecule has 1 N–H and O–H groups in total. The molecule has 3 heteroatoms. The first-order chi connectivity index (χ1) is 9.76. The second kappa shape index (κ2) is 5.84. The van der Waals surface area contributed by atoms with Crippen molar-refractivity contribution in [2.24, 2.45) is 0 Å². The third-order valence-electron chi connectivity index (χ3n) is 4.54. The van der Waals surface area contributed by atoms with Gasteiger partial charge < -0.3 is 5.32 Å². The van der Waals surface area contributed by atoms with Crippen molar-refractivity contribution in [2.45, 2.75) is 31.7 Å². The Kier molecular flexibility index (Phi) is 4.11. The lowest BCUT2D eigenvalue weighted by Crippen LogP contribution is -2.53.